The van der Waals surface area contributed by atoms with Gasteiger partial charge in [0, 0.05) is 80.8 Å². The molecule has 2 aromatic heterocycles. The maximum absolute atomic E-state index is 14.5. The fourth-order valence-corrected chi connectivity index (χ4v) is 9.87. The number of Topliss-reactive ketones (excluding diaryl/α,β-unsaturated/α-hetero) is 2. The Hall–Kier alpha value is -6.75. The van der Waals surface area contributed by atoms with Crippen LogP contribution in [0.1, 0.15) is 87.1 Å². The summed E-state index contributed by atoms with van der Waals surface area (Å²) in [6.45, 7) is 6.20. The molecule has 64 heavy (non-hydrogen) atoms. The van der Waals surface area contributed by atoms with E-state index >= 15 is 0 Å². The minimum absolute atomic E-state index is 0.00854. The van der Waals surface area contributed by atoms with Gasteiger partial charge in [-0.05, 0) is 108 Å². The van der Waals surface area contributed by atoms with Crippen molar-refractivity contribution in [1.29, 1.82) is 0 Å². The molecule has 0 fully saturated rings. The number of hydrogen-bond acceptors (Lipinski definition) is 9. The second-order valence-corrected chi connectivity index (χ2v) is 17.7. The average molecular weight is 863 g/mol. The van der Waals surface area contributed by atoms with Gasteiger partial charge in [-0.15, -0.1) is 0 Å². The van der Waals surface area contributed by atoms with E-state index in [4.69, 9.17) is 9.47 Å². The monoisotopic (exact) mass is 862 g/mol. The first-order valence-corrected chi connectivity index (χ1v) is 22.3. The highest BCUT2D eigenvalue weighted by molar-refractivity contribution is 5.95. The molecule has 11 heteroatoms. The van der Waals surface area contributed by atoms with Crippen LogP contribution in [0.25, 0.3) is 10.8 Å². The molecule has 8 rings (SSSR count). The van der Waals surface area contributed by atoms with Crippen LogP contribution in [0.3, 0.4) is 0 Å². The van der Waals surface area contributed by atoms with Crippen molar-refractivity contribution in [1.82, 2.24) is 14.9 Å². The van der Waals surface area contributed by atoms with E-state index in [1.165, 1.54) is 19.6 Å². The summed E-state index contributed by atoms with van der Waals surface area (Å²) in [7, 11) is 1.50. The minimum atomic E-state index is -0.644. The first kappa shape index (κ1) is 43.9. The highest BCUT2D eigenvalue weighted by atomic mass is 16.5. The number of fused-ring (bicyclic) bond motifs is 3. The fourth-order valence-electron chi connectivity index (χ4n) is 9.87. The normalized spacial score (nSPS) is 22.9. The van der Waals surface area contributed by atoms with Crippen LogP contribution in [-0.4, -0.2) is 63.6 Å². The number of esters is 1. The second kappa shape index (κ2) is 18.9. The van der Waals surface area contributed by atoms with Crippen molar-refractivity contribution in [3.05, 3.63) is 156 Å². The van der Waals surface area contributed by atoms with Crippen molar-refractivity contribution in [2.45, 2.75) is 83.8 Å². The zero-order valence-corrected chi connectivity index (χ0v) is 37.1. The van der Waals surface area contributed by atoms with Gasteiger partial charge in [0.1, 0.15) is 29.2 Å². The second-order valence-electron chi connectivity index (χ2n) is 17.7. The number of rotatable bonds is 7. The fraction of sp³-hybridized carbons (Fsp3) is 0.340. The lowest BCUT2D eigenvalue weighted by molar-refractivity contribution is -0.148. The number of carbonyl (C=O) groups is 3. The number of dihydropyridines is 1. The zero-order valence-electron chi connectivity index (χ0n) is 37.1. The molecule has 5 unspecified atom stereocenters. The summed E-state index contributed by atoms with van der Waals surface area (Å²) in [5.74, 6) is 0.918. The topological polar surface area (TPSA) is 146 Å². The number of aromatic nitrogens is 2. The third-order valence-electron chi connectivity index (χ3n) is 13.4. The Kier molecular flexibility index (Phi) is 13.0. The summed E-state index contributed by atoms with van der Waals surface area (Å²) in [6, 6.07) is 18.2. The molecule has 3 aliphatic rings. The number of H-pyrrole nitrogens is 1. The van der Waals surface area contributed by atoms with E-state index in [1.54, 1.807) is 25.1 Å². The third-order valence-corrected chi connectivity index (χ3v) is 13.4. The lowest BCUT2D eigenvalue weighted by Crippen LogP contribution is -2.35. The van der Waals surface area contributed by atoms with Crippen LogP contribution in [0.15, 0.2) is 133 Å². The molecule has 3 aromatic carbocycles. The van der Waals surface area contributed by atoms with E-state index in [0.29, 0.717) is 50.9 Å². The van der Waals surface area contributed by atoms with Crippen molar-refractivity contribution in [3.63, 3.8) is 0 Å². The molecule has 5 atom stereocenters. The van der Waals surface area contributed by atoms with Crippen LogP contribution < -0.4 is 15.0 Å². The summed E-state index contributed by atoms with van der Waals surface area (Å²) in [5.41, 5.74) is 5.72. The predicted octanol–water partition coefficient (Wildman–Crippen LogP) is 9.53. The number of methoxy groups -OCH3 is 1. The van der Waals surface area contributed by atoms with Gasteiger partial charge in [-0.3, -0.25) is 14.4 Å². The van der Waals surface area contributed by atoms with Crippen molar-refractivity contribution >= 4 is 34.0 Å². The number of carbonyl (C=O) groups excluding carboxylic acids is 3. The Bertz CT molecular complexity index is 2670. The quantitative estimate of drug-likeness (QED) is 0.118. The molecule has 0 amide bonds. The van der Waals surface area contributed by atoms with E-state index in [9.17, 15) is 24.6 Å². The first-order chi connectivity index (χ1) is 30.9. The van der Waals surface area contributed by atoms with Gasteiger partial charge >= 0.3 is 5.97 Å². The molecule has 1 aliphatic carbocycles. The van der Waals surface area contributed by atoms with E-state index in [0.717, 1.165) is 44.5 Å². The van der Waals surface area contributed by atoms with Crippen molar-refractivity contribution in [3.8, 4) is 17.2 Å². The minimum Gasteiger partial charge on any atom is -0.508 e. The maximum atomic E-state index is 14.5. The Morgan fingerprint density at radius 2 is 1.77 bits per heavy atom. The predicted molar refractivity (Wildman–Crippen MR) is 250 cm³/mol. The summed E-state index contributed by atoms with van der Waals surface area (Å²) >= 11 is 0. The Balaban J connectivity index is 1.30. The Morgan fingerprint density at radius 1 is 0.938 bits per heavy atom. The number of allylic oxidation sites excluding steroid dienone is 6. The molecule has 1 spiro atoms. The van der Waals surface area contributed by atoms with Crippen LogP contribution in [0.5, 0.6) is 17.2 Å². The van der Waals surface area contributed by atoms with Crippen LogP contribution in [0.4, 0.5) is 5.69 Å². The summed E-state index contributed by atoms with van der Waals surface area (Å²) in [5, 5.41) is 26.9. The lowest BCUT2D eigenvalue weighted by atomic mass is 9.66. The van der Waals surface area contributed by atoms with E-state index in [2.05, 4.69) is 83.1 Å². The SMILES string of the molecule is COc1cc(C2CC(=O)CC(OC(C)=O)CCC3(C=CC=CC3C)Cc3c[nH]cc3CC(c3cccc(O)c3)C3=CCNC(=C3)N(CCC(C)=O)c3cccc4cn2cc34)ccc1O. The van der Waals surface area contributed by atoms with Crippen LogP contribution >= 0.6 is 0 Å². The Morgan fingerprint density at radius 3 is 2.55 bits per heavy atom. The number of benzene rings is 3. The van der Waals surface area contributed by atoms with Gasteiger partial charge in [0.15, 0.2) is 11.5 Å². The third kappa shape index (κ3) is 9.58. The van der Waals surface area contributed by atoms with Crippen molar-refractivity contribution < 1.29 is 34.1 Å². The molecule has 4 N–H and O–H groups in total. The summed E-state index contributed by atoms with van der Waals surface area (Å²) in [6.07, 6.45) is 23.6. The molecular formula is C53H58N4O7. The van der Waals surface area contributed by atoms with Gasteiger partial charge in [-0.1, -0.05) is 67.6 Å². The summed E-state index contributed by atoms with van der Waals surface area (Å²) < 4.78 is 13.5. The van der Waals surface area contributed by atoms with Gasteiger partial charge in [0.25, 0.3) is 0 Å². The van der Waals surface area contributed by atoms with Gasteiger partial charge in [0.2, 0.25) is 0 Å². The van der Waals surface area contributed by atoms with E-state index in [1.807, 2.05) is 47.3 Å². The molecule has 0 saturated carbocycles. The van der Waals surface area contributed by atoms with Crippen LogP contribution in [0.2, 0.25) is 0 Å². The summed E-state index contributed by atoms with van der Waals surface area (Å²) in [4.78, 5) is 45.4. The number of ketones is 2. The first-order valence-electron chi connectivity index (χ1n) is 22.3. The molecule has 2 aliphatic heterocycles. The van der Waals surface area contributed by atoms with E-state index < -0.39 is 18.1 Å². The molecule has 11 nitrogen and oxygen atoms in total. The average Bonchev–Trinajstić information content (AvgIpc) is 3.91. The van der Waals surface area contributed by atoms with Crippen molar-refractivity contribution in [2.75, 3.05) is 25.1 Å². The van der Waals surface area contributed by atoms with Gasteiger partial charge in [0.05, 0.1) is 18.8 Å². The number of anilines is 1. The number of aromatic amines is 1. The highest BCUT2D eigenvalue weighted by Crippen LogP contribution is 2.44. The number of nitrogens with one attached hydrogen (secondary N) is 2. The van der Waals surface area contributed by atoms with Gasteiger partial charge in [-0.25, -0.2) is 0 Å². The molecule has 4 bridgehead atoms. The Labute approximate surface area is 374 Å². The number of hydrogen-bond donors (Lipinski definition) is 4. The molecule has 5 aromatic rings. The molecule has 0 saturated heterocycles. The largest absolute Gasteiger partial charge is 0.508 e. The standard InChI is InChI=1S/C53H58N4O7/c1-34-9-5-6-19-53(34)20-16-45(64-36(3)59)27-44(61)28-49(39-14-15-50(62)51(25-39)63-4)56-32-40-11-8-13-48(47(40)33-56)57(22-18-35(2)58)52-26-38(17-21-55-52)46(37-10-7-12-43(60)23-37)24-41-30-54-31-42(41)29-53/h5-15,17,19,23,25-26,30-34,45-46,49,54-55,60,62H,16,18,20-22,24,27-29H2,1-4H3. The number of phenolic OH excluding ortho intramolecular Hbond substituents is 2. The molecule has 0 radical (unpaired) electrons. The number of phenols is 2. The van der Waals surface area contributed by atoms with E-state index in [-0.39, 0.29) is 53.2 Å². The zero-order chi connectivity index (χ0) is 45.0. The molecule has 332 valence electrons. The van der Waals surface area contributed by atoms with Crippen LogP contribution in [0, 0.1) is 11.3 Å². The lowest BCUT2D eigenvalue weighted by Gasteiger charge is -2.38. The highest BCUT2D eigenvalue weighted by Gasteiger charge is 2.37. The van der Waals surface area contributed by atoms with Gasteiger partial charge < -0.3 is 39.5 Å². The number of nitrogens with zero attached hydrogens (tertiary/aromatic N) is 2. The van der Waals surface area contributed by atoms with Crippen molar-refractivity contribution in [2.24, 2.45) is 11.3 Å². The van der Waals surface area contributed by atoms with Gasteiger partial charge in [-0.2, -0.15) is 0 Å². The smallest absolute Gasteiger partial charge is 0.302 e. The number of ether oxygens (including phenoxy) is 2. The molecule has 4 heterocycles. The number of aromatic hydroxyl groups is 2. The molecular weight excluding hydrogens is 805 g/mol. The van der Waals surface area contributed by atoms with Crippen LogP contribution in [-0.2, 0) is 32.0 Å². The maximum Gasteiger partial charge on any atom is 0.302 e.